The van der Waals surface area contributed by atoms with E-state index in [-0.39, 0.29) is 11.7 Å². The Morgan fingerprint density at radius 2 is 2.18 bits per heavy atom. The summed E-state index contributed by atoms with van der Waals surface area (Å²) in [7, 11) is 0. The maximum atomic E-state index is 13.5. The lowest BCUT2D eigenvalue weighted by Crippen LogP contribution is -2.26. The zero-order chi connectivity index (χ0) is 12.0. The molecule has 1 aromatic rings. The average molecular weight is 234 g/mol. The van der Waals surface area contributed by atoms with E-state index in [1.54, 1.807) is 6.92 Å². The van der Waals surface area contributed by atoms with E-state index in [1.807, 2.05) is 6.07 Å². The molecule has 0 radical (unpaired) electrons. The van der Waals surface area contributed by atoms with Crippen LogP contribution in [-0.2, 0) is 4.79 Å². The molecular formula is C13H15FN2O. The molecule has 3 nitrogen and oxygen atoms in total. The molecule has 0 spiro atoms. The van der Waals surface area contributed by atoms with Crippen LogP contribution >= 0.6 is 0 Å². The van der Waals surface area contributed by atoms with E-state index >= 15 is 0 Å². The first kappa shape index (κ1) is 10.6. The van der Waals surface area contributed by atoms with Crippen molar-refractivity contribution in [2.75, 3.05) is 16.8 Å². The molecule has 2 aliphatic rings. The molecule has 0 unspecified atom stereocenters. The molecule has 0 saturated heterocycles. The van der Waals surface area contributed by atoms with E-state index in [9.17, 15) is 9.18 Å². The second-order valence-corrected chi connectivity index (χ2v) is 4.84. The second-order valence-electron chi connectivity index (χ2n) is 4.84. The van der Waals surface area contributed by atoms with Crippen molar-refractivity contribution in [3.05, 3.63) is 23.5 Å². The molecule has 0 aromatic heterocycles. The Morgan fingerprint density at radius 3 is 2.88 bits per heavy atom. The Balaban J connectivity index is 2.08. The van der Waals surface area contributed by atoms with Crippen LogP contribution < -0.4 is 10.2 Å². The largest absolute Gasteiger partial charge is 0.366 e. The average Bonchev–Trinajstić information content (AvgIpc) is 3.08. The van der Waals surface area contributed by atoms with Gasteiger partial charge in [-0.25, -0.2) is 4.39 Å². The SMILES string of the molecule is Cc1cc2c(cc1F)NC(=O)CCN2C1CC1. The van der Waals surface area contributed by atoms with Crippen molar-refractivity contribution in [3.8, 4) is 0 Å². The monoisotopic (exact) mass is 234 g/mol. The van der Waals surface area contributed by atoms with Crippen LogP contribution in [0.15, 0.2) is 12.1 Å². The third-order valence-corrected chi connectivity index (χ3v) is 3.43. The summed E-state index contributed by atoms with van der Waals surface area (Å²) in [6.07, 6.45) is 2.82. The molecule has 1 N–H and O–H groups in total. The molecule has 1 amide bonds. The quantitative estimate of drug-likeness (QED) is 0.809. The van der Waals surface area contributed by atoms with E-state index < -0.39 is 0 Å². The number of fused-ring (bicyclic) bond motifs is 1. The summed E-state index contributed by atoms with van der Waals surface area (Å²) in [6, 6.07) is 3.81. The number of benzene rings is 1. The van der Waals surface area contributed by atoms with Gasteiger partial charge in [0.15, 0.2) is 0 Å². The molecule has 1 heterocycles. The molecule has 17 heavy (non-hydrogen) atoms. The summed E-state index contributed by atoms with van der Waals surface area (Å²) in [5.74, 6) is -0.292. The summed E-state index contributed by atoms with van der Waals surface area (Å²) < 4.78 is 13.5. The number of nitrogens with one attached hydrogen (secondary N) is 1. The first-order chi connectivity index (χ1) is 8.15. The van der Waals surface area contributed by atoms with Crippen LogP contribution in [0.25, 0.3) is 0 Å². The third-order valence-electron chi connectivity index (χ3n) is 3.43. The van der Waals surface area contributed by atoms with Crippen LogP contribution in [0, 0.1) is 12.7 Å². The highest BCUT2D eigenvalue weighted by Gasteiger charge is 2.32. The lowest BCUT2D eigenvalue weighted by Gasteiger charge is -2.24. The minimum atomic E-state index is -0.262. The van der Waals surface area contributed by atoms with Crippen molar-refractivity contribution in [2.24, 2.45) is 0 Å². The van der Waals surface area contributed by atoms with Crippen LogP contribution in [0.4, 0.5) is 15.8 Å². The molecule has 1 aromatic carbocycles. The molecule has 0 bridgehead atoms. The number of rotatable bonds is 1. The van der Waals surface area contributed by atoms with E-state index in [4.69, 9.17) is 0 Å². The lowest BCUT2D eigenvalue weighted by molar-refractivity contribution is -0.115. The van der Waals surface area contributed by atoms with E-state index in [1.165, 1.54) is 18.9 Å². The molecule has 90 valence electrons. The van der Waals surface area contributed by atoms with Gasteiger partial charge in [0.05, 0.1) is 11.4 Å². The van der Waals surface area contributed by atoms with Gasteiger partial charge in [0.25, 0.3) is 0 Å². The summed E-state index contributed by atoms with van der Waals surface area (Å²) in [6.45, 7) is 2.49. The van der Waals surface area contributed by atoms with Crippen molar-refractivity contribution in [1.29, 1.82) is 0 Å². The van der Waals surface area contributed by atoms with Gasteiger partial charge >= 0.3 is 0 Å². The fourth-order valence-corrected chi connectivity index (χ4v) is 2.32. The van der Waals surface area contributed by atoms with Crippen LogP contribution in [0.5, 0.6) is 0 Å². The van der Waals surface area contributed by atoms with E-state index in [0.29, 0.717) is 23.7 Å². The first-order valence-corrected chi connectivity index (χ1v) is 6.02. The molecule has 0 atom stereocenters. The third kappa shape index (κ3) is 1.88. The van der Waals surface area contributed by atoms with Crippen molar-refractivity contribution >= 4 is 17.3 Å². The number of nitrogens with zero attached hydrogens (tertiary/aromatic N) is 1. The van der Waals surface area contributed by atoms with Crippen molar-refractivity contribution < 1.29 is 9.18 Å². The molecular weight excluding hydrogens is 219 g/mol. The Bertz CT molecular complexity index is 483. The highest BCUT2D eigenvalue weighted by molar-refractivity contribution is 5.96. The summed E-state index contributed by atoms with van der Waals surface area (Å²) >= 11 is 0. The molecule has 1 fully saturated rings. The number of aryl methyl sites for hydroxylation is 1. The molecule has 1 aliphatic heterocycles. The number of hydrogen-bond acceptors (Lipinski definition) is 2. The zero-order valence-electron chi connectivity index (χ0n) is 9.79. The predicted molar refractivity (Wildman–Crippen MR) is 64.8 cm³/mol. The number of carbonyl (C=O) groups is 1. The smallest absolute Gasteiger partial charge is 0.226 e. The van der Waals surface area contributed by atoms with Crippen LogP contribution in [-0.4, -0.2) is 18.5 Å². The highest BCUT2D eigenvalue weighted by atomic mass is 19.1. The van der Waals surface area contributed by atoms with Gasteiger partial charge in [-0.05, 0) is 37.5 Å². The number of hydrogen-bond donors (Lipinski definition) is 1. The molecule has 1 aliphatic carbocycles. The van der Waals surface area contributed by atoms with E-state index in [2.05, 4.69) is 10.2 Å². The number of amides is 1. The standard InChI is InChI=1S/C13H15FN2O/c1-8-6-12-11(7-10(8)14)15-13(17)4-5-16(12)9-2-3-9/h6-7,9H,2-5H2,1H3,(H,15,17). The minimum Gasteiger partial charge on any atom is -0.366 e. The Morgan fingerprint density at radius 1 is 1.41 bits per heavy atom. The maximum absolute atomic E-state index is 13.5. The summed E-state index contributed by atoms with van der Waals surface area (Å²) in [5, 5.41) is 2.78. The Kier molecular flexibility index (Phi) is 2.31. The summed E-state index contributed by atoms with van der Waals surface area (Å²) in [5.41, 5.74) is 2.21. The number of anilines is 2. The van der Waals surface area contributed by atoms with Gasteiger partial charge in [-0.3, -0.25) is 4.79 Å². The van der Waals surface area contributed by atoms with Crippen molar-refractivity contribution in [1.82, 2.24) is 0 Å². The second kappa shape index (κ2) is 3.72. The van der Waals surface area contributed by atoms with Crippen LogP contribution in [0.1, 0.15) is 24.8 Å². The van der Waals surface area contributed by atoms with Gasteiger partial charge < -0.3 is 10.2 Å². The van der Waals surface area contributed by atoms with Crippen LogP contribution in [0.3, 0.4) is 0 Å². The van der Waals surface area contributed by atoms with Crippen molar-refractivity contribution in [3.63, 3.8) is 0 Å². The Hall–Kier alpha value is -1.58. The van der Waals surface area contributed by atoms with Gasteiger partial charge in [-0.1, -0.05) is 0 Å². The van der Waals surface area contributed by atoms with Crippen molar-refractivity contribution in [2.45, 2.75) is 32.2 Å². The predicted octanol–water partition coefficient (Wildman–Crippen LogP) is 2.45. The Labute approximate surface area is 99.6 Å². The maximum Gasteiger partial charge on any atom is 0.226 e. The topological polar surface area (TPSA) is 32.3 Å². The highest BCUT2D eigenvalue weighted by Crippen LogP contribution is 2.38. The number of halogens is 1. The fraction of sp³-hybridized carbons (Fsp3) is 0.462. The normalized spacial score (nSPS) is 19.6. The fourth-order valence-electron chi connectivity index (χ4n) is 2.32. The van der Waals surface area contributed by atoms with E-state index in [0.717, 1.165) is 12.2 Å². The lowest BCUT2D eigenvalue weighted by atomic mass is 10.1. The zero-order valence-corrected chi connectivity index (χ0v) is 9.79. The molecule has 3 rings (SSSR count). The van der Waals surface area contributed by atoms with Gasteiger partial charge in [-0.2, -0.15) is 0 Å². The molecule has 1 saturated carbocycles. The van der Waals surface area contributed by atoms with Crippen LogP contribution in [0.2, 0.25) is 0 Å². The van der Waals surface area contributed by atoms with Gasteiger partial charge in [0.1, 0.15) is 5.82 Å². The first-order valence-electron chi connectivity index (χ1n) is 6.02. The molecule has 4 heteroatoms. The van der Waals surface area contributed by atoms with Gasteiger partial charge in [-0.15, -0.1) is 0 Å². The summed E-state index contributed by atoms with van der Waals surface area (Å²) in [4.78, 5) is 13.8. The number of carbonyl (C=O) groups excluding carboxylic acids is 1. The van der Waals surface area contributed by atoms with Gasteiger partial charge in [0, 0.05) is 19.0 Å². The van der Waals surface area contributed by atoms with Gasteiger partial charge in [0.2, 0.25) is 5.91 Å². The minimum absolute atomic E-state index is 0.0300.